The van der Waals surface area contributed by atoms with E-state index in [0.717, 1.165) is 20.9 Å². The van der Waals surface area contributed by atoms with Crippen LogP contribution in [-0.4, -0.2) is 43.9 Å². The standard InChI is InChI=1S/C18H18FN3O2S2/c1-13-2-5-15(6-3-13)26(23,24)22-10-8-21(9-11-22)18-20-16-7-4-14(19)12-17(16)25-18/h2-7,12H,8-11H2,1H3. The predicted octanol–water partition coefficient (Wildman–Crippen LogP) is 3.25. The fourth-order valence-corrected chi connectivity index (χ4v) is 5.46. The molecule has 0 atom stereocenters. The maximum atomic E-state index is 13.3. The van der Waals surface area contributed by atoms with Crippen LogP contribution in [0.15, 0.2) is 47.4 Å². The van der Waals surface area contributed by atoms with Gasteiger partial charge in [0.05, 0.1) is 15.1 Å². The second-order valence-corrected chi connectivity index (χ2v) is 9.26. The number of thiazole rings is 1. The van der Waals surface area contributed by atoms with Crippen LogP contribution in [-0.2, 0) is 10.0 Å². The van der Waals surface area contributed by atoms with Gasteiger partial charge in [-0.1, -0.05) is 29.0 Å². The minimum Gasteiger partial charge on any atom is -0.345 e. The van der Waals surface area contributed by atoms with Crippen LogP contribution in [0.25, 0.3) is 10.2 Å². The lowest BCUT2D eigenvalue weighted by Gasteiger charge is -2.33. The summed E-state index contributed by atoms with van der Waals surface area (Å²) in [6, 6.07) is 11.5. The number of aryl methyl sites for hydroxylation is 1. The van der Waals surface area contributed by atoms with Gasteiger partial charge in [-0.15, -0.1) is 0 Å². The molecule has 0 spiro atoms. The van der Waals surface area contributed by atoms with Gasteiger partial charge in [-0.2, -0.15) is 4.31 Å². The van der Waals surface area contributed by atoms with Gasteiger partial charge in [-0.3, -0.25) is 0 Å². The van der Waals surface area contributed by atoms with Crippen molar-refractivity contribution in [1.82, 2.24) is 9.29 Å². The van der Waals surface area contributed by atoms with Crippen LogP contribution >= 0.6 is 11.3 Å². The molecule has 8 heteroatoms. The lowest BCUT2D eigenvalue weighted by atomic mass is 10.2. The van der Waals surface area contributed by atoms with Gasteiger partial charge < -0.3 is 4.90 Å². The molecule has 3 aromatic rings. The Morgan fingerprint density at radius 1 is 1.04 bits per heavy atom. The molecule has 0 aliphatic carbocycles. The highest BCUT2D eigenvalue weighted by atomic mass is 32.2. The number of nitrogens with zero attached hydrogens (tertiary/aromatic N) is 3. The number of benzene rings is 2. The normalized spacial score (nSPS) is 16.3. The lowest BCUT2D eigenvalue weighted by molar-refractivity contribution is 0.385. The Morgan fingerprint density at radius 2 is 1.73 bits per heavy atom. The van der Waals surface area contributed by atoms with Gasteiger partial charge in [0.2, 0.25) is 10.0 Å². The number of hydrogen-bond acceptors (Lipinski definition) is 5. The van der Waals surface area contributed by atoms with E-state index in [1.807, 2.05) is 19.1 Å². The fourth-order valence-electron chi connectivity index (χ4n) is 3.00. The van der Waals surface area contributed by atoms with Crippen molar-refractivity contribution >= 4 is 36.7 Å². The van der Waals surface area contributed by atoms with Gasteiger partial charge in [-0.05, 0) is 37.3 Å². The first-order chi connectivity index (χ1) is 12.4. The monoisotopic (exact) mass is 391 g/mol. The Balaban J connectivity index is 1.50. The van der Waals surface area contributed by atoms with Crippen molar-refractivity contribution in [2.24, 2.45) is 0 Å². The zero-order valence-electron chi connectivity index (χ0n) is 14.2. The number of sulfonamides is 1. The summed E-state index contributed by atoms with van der Waals surface area (Å²) < 4.78 is 41.2. The third kappa shape index (κ3) is 3.20. The van der Waals surface area contributed by atoms with E-state index in [1.54, 1.807) is 18.2 Å². The van der Waals surface area contributed by atoms with Crippen molar-refractivity contribution in [3.8, 4) is 0 Å². The first-order valence-electron chi connectivity index (χ1n) is 8.31. The first kappa shape index (κ1) is 17.4. The number of rotatable bonds is 3. The average Bonchev–Trinajstić information content (AvgIpc) is 3.05. The molecule has 0 bridgehead atoms. The van der Waals surface area contributed by atoms with Crippen molar-refractivity contribution in [3.63, 3.8) is 0 Å². The fraction of sp³-hybridized carbons (Fsp3) is 0.278. The molecule has 2 aromatic carbocycles. The molecule has 1 fully saturated rings. The molecule has 136 valence electrons. The van der Waals surface area contributed by atoms with Crippen LogP contribution < -0.4 is 4.90 Å². The van der Waals surface area contributed by atoms with Gasteiger partial charge in [0, 0.05) is 26.2 Å². The molecule has 0 amide bonds. The highest BCUT2D eigenvalue weighted by Gasteiger charge is 2.29. The number of anilines is 1. The van der Waals surface area contributed by atoms with Gasteiger partial charge in [0.15, 0.2) is 5.13 Å². The van der Waals surface area contributed by atoms with Gasteiger partial charge in [0.1, 0.15) is 5.82 Å². The predicted molar refractivity (Wildman–Crippen MR) is 102 cm³/mol. The van der Waals surface area contributed by atoms with Gasteiger partial charge in [-0.25, -0.2) is 17.8 Å². The van der Waals surface area contributed by atoms with Crippen molar-refractivity contribution in [3.05, 3.63) is 53.8 Å². The quantitative estimate of drug-likeness (QED) is 0.688. The molecule has 0 saturated carbocycles. The highest BCUT2D eigenvalue weighted by molar-refractivity contribution is 7.89. The second kappa shape index (κ2) is 6.61. The van der Waals surface area contributed by atoms with E-state index in [4.69, 9.17) is 0 Å². The van der Waals surface area contributed by atoms with Crippen molar-refractivity contribution in [1.29, 1.82) is 0 Å². The van der Waals surface area contributed by atoms with Crippen LogP contribution in [0.5, 0.6) is 0 Å². The molecule has 1 saturated heterocycles. The molecule has 26 heavy (non-hydrogen) atoms. The Morgan fingerprint density at radius 3 is 2.42 bits per heavy atom. The van der Waals surface area contributed by atoms with Crippen LogP contribution in [0.2, 0.25) is 0 Å². The molecule has 5 nitrogen and oxygen atoms in total. The first-order valence-corrected chi connectivity index (χ1v) is 10.6. The number of hydrogen-bond donors (Lipinski definition) is 0. The summed E-state index contributed by atoms with van der Waals surface area (Å²) >= 11 is 1.43. The van der Waals surface area contributed by atoms with Crippen molar-refractivity contribution in [2.75, 3.05) is 31.1 Å². The van der Waals surface area contributed by atoms with Crippen molar-refractivity contribution < 1.29 is 12.8 Å². The molecule has 1 aromatic heterocycles. The van der Waals surface area contributed by atoms with E-state index in [1.165, 1.54) is 27.8 Å². The van der Waals surface area contributed by atoms with E-state index in [-0.39, 0.29) is 5.82 Å². The summed E-state index contributed by atoms with van der Waals surface area (Å²) in [6.07, 6.45) is 0. The lowest BCUT2D eigenvalue weighted by Crippen LogP contribution is -2.48. The molecule has 1 aliphatic rings. The zero-order chi connectivity index (χ0) is 18.3. The van der Waals surface area contributed by atoms with Crippen LogP contribution in [0.4, 0.5) is 9.52 Å². The maximum absolute atomic E-state index is 13.3. The maximum Gasteiger partial charge on any atom is 0.243 e. The summed E-state index contributed by atoms with van der Waals surface area (Å²) in [7, 11) is -3.47. The summed E-state index contributed by atoms with van der Waals surface area (Å²) in [6.45, 7) is 3.86. The third-order valence-corrected chi connectivity index (χ3v) is 7.50. The molecule has 0 N–H and O–H groups in total. The van der Waals surface area contributed by atoms with Gasteiger partial charge in [0.25, 0.3) is 0 Å². The molecular weight excluding hydrogens is 373 g/mol. The summed E-state index contributed by atoms with van der Waals surface area (Å²) in [5, 5.41) is 0.804. The largest absolute Gasteiger partial charge is 0.345 e. The van der Waals surface area contributed by atoms with Crippen molar-refractivity contribution in [2.45, 2.75) is 11.8 Å². The topological polar surface area (TPSA) is 53.5 Å². The van der Waals surface area contributed by atoms with Crippen LogP contribution in [0.3, 0.4) is 0 Å². The van der Waals surface area contributed by atoms with Gasteiger partial charge >= 0.3 is 0 Å². The number of halogens is 1. The van der Waals surface area contributed by atoms with E-state index in [9.17, 15) is 12.8 Å². The van der Waals surface area contributed by atoms with E-state index in [2.05, 4.69) is 9.88 Å². The van der Waals surface area contributed by atoms with Crippen LogP contribution in [0.1, 0.15) is 5.56 Å². The minimum atomic E-state index is -3.47. The van der Waals surface area contributed by atoms with E-state index < -0.39 is 10.0 Å². The molecule has 1 aliphatic heterocycles. The molecule has 2 heterocycles. The summed E-state index contributed by atoms with van der Waals surface area (Å²) in [4.78, 5) is 6.93. The van der Waals surface area contributed by atoms with Crippen LogP contribution in [0, 0.1) is 12.7 Å². The Kier molecular flexibility index (Phi) is 4.42. The molecular formula is C18H18FN3O2S2. The average molecular weight is 391 g/mol. The Bertz CT molecular complexity index is 1040. The third-order valence-electron chi connectivity index (χ3n) is 4.51. The van der Waals surface area contributed by atoms with E-state index in [0.29, 0.717) is 31.1 Å². The highest BCUT2D eigenvalue weighted by Crippen LogP contribution is 2.30. The minimum absolute atomic E-state index is 0.276. The Hall–Kier alpha value is -2.03. The number of aromatic nitrogens is 1. The summed E-state index contributed by atoms with van der Waals surface area (Å²) in [5.74, 6) is -0.276. The SMILES string of the molecule is Cc1ccc(S(=O)(=O)N2CCN(c3nc4ccc(F)cc4s3)CC2)cc1. The van der Waals surface area contributed by atoms with E-state index >= 15 is 0 Å². The second-order valence-electron chi connectivity index (χ2n) is 6.31. The summed E-state index contributed by atoms with van der Waals surface area (Å²) in [5.41, 5.74) is 1.79. The molecule has 0 unspecified atom stereocenters. The number of fused-ring (bicyclic) bond motifs is 1. The molecule has 4 rings (SSSR count). The molecule has 0 radical (unpaired) electrons. The smallest absolute Gasteiger partial charge is 0.243 e. The zero-order valence-corrected chi connectivity index (χ0v) is 15.9. The number of piperazine rings is 1. The Labute approximate surface area is 155 Å².